The van der Waals surface area contributed by atoms with Crippen molar-refractivity contribution < 1.29 is 13.2 Å². The molecule has 0 aliphatic carbocycles. The Hall–Kier alpha value is -0.840. The van der Waals surface area contributed by atoms with Crippen molar-refractivity contribution >= 4 is 35.8 Å². The van der Waals surface area contributed by atoms with Crippen LogP contribution in [0.5, 0.6) is 0 Å². The van der Waals surface area contributed by atoms with E-state index in [1.807, 2.05) is 32.9 Å². The molecular weight excluding hydrogens is 364 g/mol. The molecule has 0 saturated carbocycles. The summed E-state index contributed by atoms with van der Waals surface area (Å²) in [6.45, 7) is 5.84. The van der Waals surface area contributed by atoms with Crippen LogP contribution in [0.1, 0.15) is 30.5 Å². The van der Waals surface area contributed by atoms with E-state index in [0.29, 0.717) is 11.1 Å². The molecule has 0 amide bonds. The molecule has 0 atom stereocenters. The van der Waals surface area contributed by atoms with Gasteiger partial charge < -0.3 is 0 Å². The number of benzene rings is 2. The summed E-state index contributed by atoms with van der Waals surface area (Å²) in [6, 6.07) is 7.33. The predicted molar refractivity (Wildman–Crippen MR) is 93.6 cm³/mol. The van der Waals surface area contributed by atoms with Gasteiger partial charge in [0.05, 0.1) is 15.6 Å². The van der Waals surface area contributed by atoms with E-state index in [0.717, 1.165) is 23.3 Å². The SMILES string of the molecule is Cc1ccc(-c2c(Cl)cc(C(F)(F)F)cc2Cl)cc1C(C)(C)S. The third-order valence-corrected chi connectivity index (χ3v) is 4.39. The van der Waals surface area contributed by atoms with E-state index >= 15 is 0 Å². The lowest BCUT2D eigenvalue weighted by molar-refractivity contribution is -0.137. The number of alkyl halides is 3. The highest BCUT2D eigenvalue weighted by Crippen LogP contribution is 2.42. The summed E-state index contributed by atoms with van der Waals surface area (Å²) in [6.07, 6.45) is -4.49. The molecule has 0 N–H and O–H groups in total. The number of aryl methyl sites for hydroxylation is 1. The second kappa shape index (κ2) is 6.23. The monoisotopic (exact) mass is 378 g/mol. The highest BCUT2D eigenvalue weighted by atomic mass is 35.5. The van der Waals surface area contributed by atoms with E-state index in [9.17, 15) is 13.2 Å². The van der Waals surface area contributed by atoms with E-state index in [1.165, 1.54) is 0 Å². The van der Waals surface area contributed by atoms with Crippen LogP contribution in [-0.4, -0.2) is 0 Å². The van der Waals surface area contributed by atoms with Crippen LogP contribution in [-0.2, 0) is 10.9 Å². The van der Waals surface area contributed by atoms with E-state index in [4.69, 9.17) is 23.2 Å². The van der Waals surface area contributed by atoms with E-state index in [1.54, 1.807) is 6.07 Å². The second-order valence-electron chi connectivity index (χ2n) is 5.90. The summed E-state index contributed by atoms with van der Waals surface area (Å²) < 4.78 is 38.1. The number of thiol groups is 1. The molecule has 0 aliphatic rings. The Kier molecular flexibility index (Phi) is 5.01. The van der Waals surface area contributed by atoms with Gasteiger partial charge in [-0.2, -0.15) is 25.8 Å². The van der Waals surface area contributed by atoms with Crippen molar-refractivity contribution in [1.29, 1.82) is 0 Å². The molecule has 0 radical (unpaired) electrons. The number of rotatable bonds is 2. The summed E-state index contributed by atoms with van der Waals surface area (Å²) in [7, 11) is 0. The molecule has 2 aromatic carbocycles. The maximum atomic E-state index is 12.8. The van der Waals surface area contributed by atoms with Gasteiger partial charge in [0.2, 0.25) is 0 Å². The minimum Gasteiger partial charge on any atom is -0.168 e. The summed E-state index contributed by atoms with van der Waals surface area (Å²) in [5, 5.41) is -0.0619. The average Bonchev–Trinajstić information content (AvgIpc) is 2.37. The summed E-state index contributed by atoms with van der Waals surface area (Å²) >= 11 is 16.7. The maximum Gasteiger partial charge on any atom is 0.416 e. The number of hydrogen-bond donors (Lipinski definition) is 1. The van der Waals surface area contributed by atoms with Crippen LogP contribution in [0, 0.1) is 6.92 Å². The largest absolute Gasteiger partial charge is 0.416 e. The predicted octanol–water partition coefficient (Wildman–Crippen LogP) is 7.15. The Morgan fingerprint density at radius 3 is 1.91 bits per heavy atom. The topological polar surface area (TPSA) is 0 Å². The Bertz CT molecular complexity index is 723. The van der Waals surface area contributed by atoms with Crippen LogP contribution < -0.4 is 0 Å². The quantitative estimate of drug-likeness (QED) is 0.526. The van der Waals surface area contributed by atoms with Gasteiger partial charge in [0.15, 0.2) is 0 Å². The van der Waals surface area contributed by atoms with Crippen LogP contribution in [0.25, 0.3) is 11.1 Å². The highest BCUT2D eigenvalue weighted by Gasteiger charge is 2.32. The van der Waals surface area contributed by atoms with Gasteiger partial charge in [-0.25, -0.2) is 0 Å². The molecule has 0 aliphatic heterocycles. The van der Waals surface area contributed by atoms with Crippen LogP contribution >= 0.6 is 35.8 Å². The fourth-order valence-electron chi connectivity index (χ4n) is 2.45. The average molecular weight is 379 g/mol. The first kappa shape index (κ1) is 18.5. The fraction of sp³-hybridized carbons (Fsp3) is 0.294. The Morgan fingerprint density at radius 1 is 0.957 bits per heavy atom. The zero-order valence-electron chi connectivity index (χ0n) is 12.7. The lowest BCUT2D eigenvalue weighted by Gasteiger charge is -2.22. The fourth-order valence-corrected chi connectivity index (χ4v) is 3.40. The third kappa shape index (κ3) is 3.98. The minimum atomic E-state index is -4.49. The van der Waals surface area contributed by atoms with Crippen molar-refractivity contribution in [2.45, 2.75) is 31.7 Å². The lowest BCUT2D eigenvalue weighted by atomic mass is 9.92. The van der Waals surface area contributed by atoms with E-state index in [2.05, 4.69) is 12.6 Å². The Balaban J connectivity index is 2.64. The lowest BCUT2D eigenvalue weighted by Crippen LogP contribution is -2.10. The molecule has 0 aromatic heterocycles. The van der Waals surface area contributed by atoms with Crippen LogP contribution in [0.15, 0.2) is 30.3 Å². The molecule has 0 spiro atoms. The van der Waals surface area contributed by atoms with Gasteiger partial charge in [0, 0.05) is 10.3 Å². The Labute approximate surface area is 149 Å². The van der Waals surface area contributed by atoms with Crippen LogP contribution in [0.4, 0.5) is 13.2 Å². The number of hydrogen-bond acceptors (Lipinski definition) is 1. The molecule has 0 bridgehead atoms. The van der Waals surface area contributed by atoms with Crippen molar-refractivity contribution in [2.24, 2.45) is 0 Å². The first-order valence-corrected chi connectivity index (χ1v) is 8.01. The standard InChI is InChI=1S/C17H15Cl2F3S/c1-9-4-5-10(6-12(9)16(2,3)23)15-13(18)7-11(8-14(15)19)17(20,21)22/h4-8,23H,1-3H3. The first-order chi connectivity index (χ1) is 10.4. The molecule has 0 saturated heterocycles. The normalized spacial score (nSPS) is 12.6. The van der Waals surface area contributed by atoms with Gasteiger partial charge in [-0.1, -0.05) is 35.3 Å². The molecule has 0 heterocycles. The third-order valence-electron chi connectivity index (χ3n) is 3.55. The molecule has 23 heavy (non-hydrogen) atoms. The van der Waals surface area contributed by atoms with Gasteiger partial charge in [-0.15, -0.1) is 0 Å². The van der Waals surface area contributed by atoms with E-state index in [-0.39, 0.29) is 10.0 Å². The van der Waals surface area contributed by atoms with Crippen LogP contribution in [0.2, 0.25) is 10.0 Å². The summed E-state index contributed by atoms with van der Waals surface area (Å²) in [5.74, 6) is 0. The van der Waals surface area contributed by atoms with Gasteiger partial charge in [-0.3, -0.25) is 0 Å². The zero-order valence-corrected chi connectivity index (χ0v) is 15.1. The molecule has 2 aromatic rings. The second-order valence-corrected chi connectivity index (χ2v) is 7.83. The van der Waals surface area contributed by atoms with Crippen molar-refractivity contribution in [1.82, 2.24) is 0 Å². The summed E-state index contributed by atoms with van der Waals surface area (Å²) in [5.41, 5.74) is 2.19. The first-order valence-electron chi connectivity index (χ1n) is 6.81. The molecule has 124 valence electrons. The maximum absolute atomic E-state index is 12.8. The van der Waals surface area contributed by atoms with Gasteiger partial charge in [0.1, 0.15) is 0 Å². The molecule has 2 rings (SSSR count). The van der Waals surface area contributed by atoms with Gasteiger partial charge in [0.25, 0.3) is 0 Å². The van der Waals surface area contributed by atoms with Crippen molar-refractivity contribution in [2.75, 3.05) is 0 Å². The Morgan fingerprint density at radius 2 is 1.48 bits per heavy atom. The van der Waals surface area contributed by atoms with Gasteiger partial charge >= 0.3 is 6.18 Å². The smallest absolute Gasteiger partial charge is 0.168 e. The number of halogens is 5. The van der Waals surface area contributed by atoms with Crippen molar-refractivity contribution in [3.05, 3.63) is 57.1 Å². The van der Waals surface area contributed by atoms with Crippen molar-refractivity contribution in [3.8, 4) is 11.1 Å². The summed E-state index contributed by atoms with van der Waals surface area (Å²) in [4.78, 5) is 0. The van der Waals surface area contributed by atoms with Crippen molar-refractivity contribution in [3.63, 3.8) is 0 Å². The van der Waals surface area contributed by atoms with E-state index < -0.39 is 16.5 Å². The zero-order chi connectivity index (χ0) is 17.6. The molecule has 0 nitrogen and oxygen atoms in total. The molecular formula is C17H15Cl2F3S. The molecule has 6 heteroatoms. The molecule has 0 unspecified atom stereocenters. The molecule has 0 fully saturated rings. The van der Waals surface area contributed by atoms with Gasteiger partial charge in [-0.05, 0) is 55.7 Å². The minimum absolute atomic E-state index is 0.0309. The highest BCUT2D eigenvalue weighted by molar-refractivity contribution is 7.81. The van der Waals surface area contributed by atoms with Crippen LogP contribution in [0.3, 0.4) is 0 Å².